The number of thiophene rings is 1. The highest BCUT2D eigenvalue weighted by molar-refractivity contribution is 7.19. The Labute approximate surface area is 146 Å². The van der Waals surface area contributed by atoms with Crippen LogP contribution < -0.4 is 4.74 Å². The summed E-state index contributed by atoms with van der Waals surface area (Å²) in [6, 6.07) is 7.40. The fraction of sp³-hybridized carbons (Fsp3) is 0.235. The second-order valence-electron chi connectivity index (χ2n) is 5.80. The fourth-order valence-electron chi connectivity index (χ4n) is 3.20. The number of benzene rings is 1. The van der Waals surface area contributed by atoms with Crippen molar-refractivity contribution < 1.29 is 4.74 Å². The van der Waals surface area contributed by atoms with Crippen molar-refractivity contribution in [3.63, 3.8) is 0 Å². The van der Waals surface area contributed by atoms with Gasteiger partial charge >= 0.3 is 0 Å². The molecule has 1 aliphatic rings. The summed E-state index contributed by atoms with van der Waals surface area (Å²) in [4.78, 5) is 11.7. The molecule has 0 bridgehead atoms. The number of hydrogen-bond donors (Lipinski definition) is 0. The van der Waals surface area contributed by atoms with Gasteiger partial charge < -0.3 is 4.74 Å². The molecule has 4 aromatic rings. The zero-order valence-corrected chi connectivity index (χ0v) is 14.3. The lowest BCUT2D eigenvalue weighted by molar-refractivity contribution is 0.296. The lowest BCUT2D eigenvalue weighted by atomic mass is 10.2. The Balaban J connectivity index is 1.54. The van der Waals surface area contributed by atoms with Crippen LogP contribution in [-0.2, 0) is 19.4 Å². The summed E-state index contributed by atoms with van der Waals surface area (Å²) in [6.07, 6.45) is 5.21. The van der Waals surface area contributed by atoms with E-state index in [1.807, 2.05) is 18.2 Å². The summed E-state index contributed by atoms with van der Waals surface area (Å²) in [6.45, 7) is 0.277. The molecule has 1 aliphatic carbocycles. The van der Waals surface area contributed by atoms with Gasteiger partial charge in [-0.25, -0.2) is 14.5 Å². The number of fused-ring (bicyclic) bond motifs is 5. The highest BCUT2D eigenvalue weighted by Crippen LogP contribution is 2.37. The number of aryl methyl sites for hydroxylation is 2. The van der Waals surface area contributed by atoms with Crippen LogP contribution in [-0.4, -0.2) is 19.6 Å². The van der Waals surface area contributed by atoms with Crippen molar-refractivity contribution >= 4 is 38.8 Å². The Morgan fingerprint density at radius 1 is 1.25 bits per heavy atom. The first-order valence-electron chi connectivity index (χ1n) is 7.81. The third kappa shape index (κ3) is 2.17. The van der Waals surface area contributed by atoms with Crippen LogP contribution in [0.15, 0.2) is 30.6 Å². The largest absolute Gasteiger partial charge is 0.484 e. The van der Waals surface area contributed by atoms with Gasteiger partial charge in [-0.05, 0) is 37.0 Å². The minimum Gasteiger partial charge on any atom is -0.484 e. The van der Waals surface area contributed by atoms with Gasteiger partial charge in [0.05, 0.1) is 10.4 Å². The summed E-state index contributed by atoms with van der Waals surface area (Å²) >= 11 is 7.90. The summed E-state index contributed by atoms with van der Waals surface area (Å²) in [5, 5.41) is 6.24. The number of hydrogen-bond acceptors (Lipinski definition) is 5. The van der Waals surface area contributed by atoms with E-state index in [0.717, 1.165) is 28.7 Å². The molecule has 1 aromatic carbocycles. The van der Waals surface area contributed by atoms with Gasteiger partial charge in [0.15, 0.2) is 11.5 Å². The Hall–Kier alpha value is -2.18. The molecule has 0 fully saturated rings. The molecule has 0 saturated carbocycles. The first-order chi connectivity index (χ1) is 11.8. The van der Waals surface area contributed by atoms with E-state index in [9.17, 15) is 0 Å². The summed E-state index contributed by atoms with van der Waals surface area (Å²) < 4.78 is 7.50. The molecule has 3 heterocycles. The van der Waals surface area contributed by atoms with Crippen molar-refractivity contribution in [3.8, 4) is 5.75 Å². The Kier molecular flexibility index (Phi) is 3.21. The molecule has 0 spiro atoms. The Morgan fingerprint density at radius 2 is 2.17 bits per heavy atom. The first-order valence-corrected chi connectivity index (χ1v) is 9.01. The maximum absolute atomic E-state index is 6.12. The van der Waals surface area contributed by atoms with Crippen LogP contribution in [0.1, 0.15) is 22.7 Å². The second-order valence-corrected chi connectivity index (χ2v) is 7.29. The summed E-state index contributed by atoms with van der Waals surface area (Å²) in [7, 11) is 0. The zero-order chi connectivity index (χ0) is 16.1. The zero-order valence-electron chi connectivity index (χ0n) is 12.7. The fourth-order valence-corrected chi connectivity index (χ4v) is 4.62. The van der Waals surface area contributed by atoms with Crippen molar-refractivity contribution in [2.45, 2.75) is 25.9 Å². The smallest absolute Gasteiger partial charge is 0.189 e. The van der Waals surface area contributed by atoms with Gasteiger partial charge in [-0.1, -0.05) is 23.7 Å². The summed E-state index contributed by atoms with van der Waals surface area (Å²) in [5.74, 6) is 1.26. The minimum atomic E-state index is 0.277. The number of halogens is 1. The maximum Gasteiger partial charge on any atom is 0.189 e. The molecule has 0 atom stereocenters. The predicted octanol–water partition coefficient (Wildman–Crippen LogP) is 4.06. The van der Waals surface area contributed by atoms with E-state index in [1.165, 1.54) is 16.9 Å². The molecular weight excluding hydrogens is 344 g/mol. The van der Waals surface area contributed by atoms with Crippen molar-refractivity contribution in [1.82, 2.24) is 19.6 Å². The monoisotopic (exact) mass is 356 g/mol. The topological polar surface area (TPSA) is 52.3 Å². The standard InChI is InChI=1S/C17H13ClN4OS/c18-11-5-1-2-6-12(11)23-8-14-20-16-15-10-4-3-7-13(10)24-17(15)19-9-22(16)21-14/h1-2,5-6,9H,3-4,7-8H2. The number of rotatable bonds is 3. The number of nitrogens with zero attached hydrogens (tertiary/aromatic N) is 4. The van der Waals surface area contributed by atoms with Crippen LogP contribution in [0.25, 0.3) is 15.9 Å². The van der Waals surface area contributed by atoms with E-state index in [1.54, 1.807) is 28.2 Å². The molecule has 24 heavy (non-hydrogen) atoms. The highest BCUT2D eigenvalue weighted by atomic mass is 35.5. The Bertz CT molecular complexity index is 1070. The molecular formula is C17H13ClN4OS. The SMILES string of the molecule is Clc1ccccc1OCc1nc2c3c4c(sc3ncn2n1)CCC4. The minimum absolute atomic E-state index is 0.277. The first kappa shape index (κ1) is 14.2. The van der Waals surface area contributed by atoms with E-state index in [-0.39, 0.29) is 6.61 Å². The molecule has 0 radical (unpaired) electrons. The van der Waals surface area contributed by atoms with Gasteiger partial charge in [0.1, 0.15) is 23.5 Å². The van der Waals surface area contributed by atoms with Crippen molar-refractivity contribution in [1.29, 1.82) is 0 Å². The van der Waals surface area contributed by atoms with Crippen LogP contribution >= 0.6 is 22.9 Å². The van der Waals surface area contributed by atoms with Gasteiger partial charge in [-0.15, -0.1) is 16.4 Å². The molecule has 0 amide bonds. The van der Waals surface area contributed by atoms with Crippen LogP contribution in [0.4, 0.5) is 0 Å². The van der Waals surface area contributed by atoms with Gasteiger partial charge in [-0.3, -0.25) is 0 Å². The quantitative estimate of drug-likeness (QED) is 0.555. The van der Waals surface area contributed by atoms with E-state index >= 15 is 0 Å². The lowest BCUT2D eigenvalue weighted by Gasteiger charge is -2.04. The number of para-hydroxylation sites is 1. The molecule has 0 N–H and O–H groups in total. The van der Waals surface area contributed by atoms with Crippen molar-refractivity contribution in [2.75, 3.05) is 0 Å². The normalized spacial score (nSPS) is 13.7. The molecule has 0 saturated heterocycles. The van der Waals surface area contributed by atoms with Crippen LogP contribution in [0.5, 0.6) is 5.75 Å². The van der Waals surface area contributed by atoms with Gasteiger partial charge in [0.25, 0.3) is 0 Å². The average Bonchev–Trinajstić information content (AvgIpc) is 3.26. The van der Waals surface area contributed by atoms with E-state index in [0.29, 0.717) is 16.6 Å². The molecule has 7 heteroatoms. The van der Waals surface area contributed by atoms with Crippen molar-refractivity contribution in [2.24, 2.45) is 0 Å². The maximum atomic E-state index is 6.12. The van der Waals surface area contributed by atoms with Crippen molar-refractivity contribution in [3.05, 3.63) is 51.9 Å². The number of aromatic nitrogens is 4. The predicted molar refractivity (Wildman–Crippen MR) is 94.0 cm³/mol. The van der Waals surface area contributed by atoms with Gasteiger partial charge in [-0.2, -0.15) is 0 Å². The van der Waals surface area contributed by atoms with Crippen LogP contribution in [0.2, 0.25) is 5.02 Å². The van der Waals surface area contributed by atoms with Crippen LogP contribution in [0, 0.1) is 0 Å². The van der Waals surface area contributed by atoms with Gasteiger partial charge in [0.2, 0.25) is 0 Å². The van der Waals surface area contributed by atoms with E-state index < -0.39 is 0 Å². The lowest BCUT2D eigenvalue weighted by Crippen LogP contribution is -1.98. The molecule has 5 rings (SSSR count). The third-order valence-electron chi connectivity index (χ3n) is 4.28. The molecule has 120 valence electrons. The molecule has 3 aromatic heterocycles. The molecule has 0 unspecified atom stereocenters. The molecule has 0 aliphatic heterocycles. The number of ether oxygens (including phenoxy) is 1. The average molecular weight is 357 g/mol. The Morgan fingerprint density at radius 3 is 3.08 bits per heavy atom. The second kappa shape index (κ2) is 5.43. The summed E-state index contributed by atoms with van der Waals surface area (Å²) in [5.41, 5.74) is 2.27. The third-order valence-corrected chi connectivity index (χ3v) is 5.79. The van der Waals surface area contributed by atoms with E-state index in [2.05, 4.69) is 15.1 Å². The molecule has 5 nitrogen and oxygen atoms in total. The highest BCUT2D eigenvalue weighted by Gasteiger charge is 2.21. The van der Waals surface area contributed by atoms with Crippen LogP contribution in [0.3, 0.4) is 0 Å². The van der Waals surface area contributed by atoms with E-state index in [4.69, 9.17) is 16.3 Å². The van der Waals surface area contributed by atoms with Gasteiger partial charge in [0, 0.05) is 4.88 Å².